The molecule has 2 aromatic rings. The predicted octanol–water partition coefficient (Wildman–Crippen LogP) is 3.51. The molecule has 1 aliphatic carbocycles. The SMILES string of the molecule is Fc1cc(F)cc(-n2ccnc2NC2CCCC2)c1. The Labute approximate surface area is 110 Å². The summed E-state index contributed by atoms with van der Waals surface area (Å²) >= 11 is 0. The van der Waals surface area contributed by atoms with E-state index in [1.165, 1.54) is 25.0 Å². The molecule has 0 bridgehead atoms. The van der Waals surface area contributed by atoms with Crippen LogP contribution in [0.4, 0.5) is 14.7 Å². The molecule has 3 nitrogen and oxygen atoms in total. The van der Waals surface area contributed by atoms with Gasteiger partial charge in [-0.1, -0.05) is 12.8 Å². The molecule has 1 aromatic carbocycles. The number of nitrogens with zero attached hydrogens (tertiary/aromatic N) is 2. The number of rotatable bonds is 3. The number of nitrogens with one attached hydrogen (secondary N) is 1. The quantitative estimate of drug-likeness (QED) is 0.918. The van der Waals surface area contributed by atoms with Gasteiger partial charge in [0.25, 0.3) is 0 Å². The highest BCUT2D eigenvalue weighted by Crippen LogP contribution is 2.23. The largest absolute Gasteiger partial charge is 0.353 e. The van der Waals surface area contributed by atoms with E-state index in [1.54, 1.807) is 17.0 Å². The van der Waals surface area contributed by atoms with Gasteiger partial charge in [0.2, 0.25) is 5.95 Å². The van der Waals surface area contributed by atoms with Crippen LogP contribution in [0.25, 0.3) is 5.69 Å². The van der Waals surface area contributed by atoms with Crippen molar-refractivity contribution < 1.29 is 8.78 Å². The molecule has 1 aromatic heterocycles. The second-order valence-electron chi connectivity index (χ2n) is 4.87. The van der Waals surface area contributed by atoms with E-state index in [4.69, 9.17) is 0 Å². The third kappa shape index (κ3) is 2.59. The lowest BCUT2D eigenvalue weighted by Crippen LogP contribution is -2.17. The lowest BCUT2D eigenvalue weighted by molar-refractivity contribution is 0.581. The first-order valence-corrected chi connectivity index (χ1v) is 6.49. The summed E-state index contributed by atoms with van der Waals surface area (Å²) in [4.78, 5) is 4.22. The molecule has 0 unspecified atom stereocenters. The molecular weight excluding hydrogens is 248 g/mol. The molecular formula is C14H15F2N3. The number of aromatic nitrogens is 2. The predicted molar refractivity (Wildman–Crippen MR) is 69.4 cm³/mol. The lowest BCUT2D eigenvalue weighted by Gasteiger charge is -2.14. The number of halogens is 2. The minimum atomic E-state index is -0.587. The fraction of sp³-hybridized carbons (Fsp3) is 0.357. The first-order chi connectivity index (χ1) is 9.22. The third-order valence-electron chi connectivity index (χ3n) is 3.45. The van der Waals surface area contributed by atoms with E-state index in [9.17, 15) is 8.78 Å². The van der Waals surface area contributed by atoms with E-state index in [-0.39, 0.29) is 0 Å². The van der Waals surface area contributed by atoms with Crippen LogP contribution in [0.2, 0.25) is 0 Å². The van der Waals surface area contributed by atoms with Crippen molar-refractivity contribution in [1.82, 2.24) is 9.55 Å². The van der Waals surface area contributed by atoms with Gasteiger partial charge in [0.15, 0.2) is 0 Å². The van der Waals surface area contributed by atoms with E-state index in [2.05, 4.69) is 10.3 Å². The average molecular weight is 263 g/mol. The summed E-state index contributed by atoms with van der Waals surface area (Å²) in [6.07, 6.45) is 7.99. The molecule has 1 aliphatic rings. The Morgan fingerprint density at radius 1 is 1.11 bits per heavy atom. The summed E-state index contributed by atoms with van der Waals surface area (Å²) in [6.45, 7) is 0. The lowest BCUT2D eigenvalue weighted by atomic mass is 10.2. The summed E-state index contributed by atoms with van der Waals surface area (Å²) < 4.78 is 28.2. The van der Waals surface area contributed by atoms with Crippen LogP contribution in [-0.2, 0) is 0 Å². The van der Waals surface area contributed by atoms with Crippen molar-refractivity contribution in [3.8, 4) is 5.69 Å². The van der Waals surface area contributed by atoms with Crippen LogP contribution in [0.3, 0.4) is 0 Å². The molecule has 0 saturated heterocycles. The highest BCUT2D eigenvalue weighted by Gasteiger charge is 2.17. The van der Waals surface area contributed by atoms with Crippen LogP contribution in [0.15, 0.2) is 30.6 Å². The molecule has 1 heterocycles. The second-order valence-corrected chi connectivity index (χ2v) is 4.87. The smallest absolute Gasteiger partial charge is 0.207 e. The minimum absolute atomic E-state index is 0.402. The van der Waals surface area contributed by atoms with E-state index < -0.39 is 11.6 Å². The Balaban J connectivity index is 1.90. The normalized spacial score (nSPS) is 15.9. The molecule has 0 radical (unpaired) electrons. The molecule has 1 N–H and O–H groups in total. The number of anilines is 1. The van der Waals surface area contributed by atoms with Gasteiger partial charge >= 0.3 is 0 Å². The highest BCUT2D eigenvalue weighted by molar-refractivity contribution is 5.42. The average Bonchev–Trinajstić information content (AvgIpc) is 2.99. The number of imidazole rings is 1. The van der Waals surface area contributed by atoms with Crippen molar-refractivity contribution >= 4 is 5.95 Å². The molecule has 0 atom stereocenters. The topological polar surface area (TPSA) is 29.9 Å². The van der Waals surface area contributed by atoms with Crippen LogP contribution in [0, 0.1) is 11.6 Å². The van der Waals surface area contributed by atoms with Crippen molar-refractivity contribution in [2.24, 2.45) is 0 Å². The first-order valence-electron chi connectivity index (χ1n) is 6.49. The zero-order chi connectivity index (χ0) is 13.2. The van der Waals surface area contributed by atoms with Gasteiger partial charge in [0, 0.05) is 24.5 Å². The zero-order valence-electron chi connectivity index (χ0n) is 10.4. The van der Waals surface area contributed by atoms with Crippen LogP contribution in [0.5, 0.6) is 0 Å². The highest BCUT2D eigenvalue weighted by atomic mass is 19.1. The van der Waals surface area contributed by atoms with E-state index >= 15 is 0 Å². The van der Waals surface area contributed by atoms with E-state index in [0.717, 1.165) is 18.9 Å². The monoisotopic (exact) mass is 263 g/mol. The second kappa shape index (κ2) is 4.99. The number of hydrogen-bond acceptors (Lipinski definition) is 2. The van der Waals surface area contributed by atoms with Crippen molar-refractivity contribution in [3.05, 3.63) is 42.2 Å². The van der Waals surface area contributed by atoms with Gasteiger partial charge in [-0.25, -0.2) is 13.8 Å². The third-order valence-corrected chi connectivity index (χ3v) is 3.45. The number of hydrogen-bond donors (Lipinski definition) is 1. The van der Waals surface area contributed by atoms with Crippen LogP contribution in [-0.4, -0.2) is 15.6 Å². The molecule has 0 spiro atoms. The molecule has 0 aliphatic heterocycles. The maximum absolute atomic E-state index is 13.3. The Bertz CT molecular complexity index is 554. The van der Waals surface area contributed by atoms with Gasteiger partial charge in [-0.15, -0.1) is 0 Å². The summed E-state index contributed by atoms with van der Waals surface area (Å²) in [5, 5.41) is 3.33. The van der Waals surface area contributed by atoms with Crippen LogP contribution in [0.1, 0.15) is 25.7 Å². The van der Waals surface area contributed by atoms with Crippen LogP contribution < -0.4 is 5.32 Å². The van der Waals surface area contributed by atoms with Gasteiger partial charge in [0.1, 0.15) is 11.6 Å². The maximum Gasteiger partial charge on any atom is 0.207 e. The molecule has 100 valence electrons. The van der Waals surface area contributed by atoms with Crippen molar-refractivity contribution in [2.45, 2.75) is 31.7 Å². The van der Waals surface area contributed by atoms with E-state index in [0.29, 0.717) is 17.7 Å². The van der Waals surface area contributed by atoms with Gasteiger partial charge in [-0.2, -0.15) is 0 Å². The molecule has 1 fully saturated rings. The molecule has 3 rings (SSSR count). The van der Waals surface area contributed by atoms with Gasteiger partial charge < -0.3 is 5.32 Å². The van der Waals surface area contributed by atoms with Gasteiger partial charge in [0.05, 0.1) is 5.69 Å². The van der Waals surface area contributed by atoms with Crippen molar-refractivity contribution in [1.29, 1.82) is 0 Å². The van der Waals surface area contributed by atoms with Crippen molar-refractivity contribution in [2.75, 3.05) is 5.32 Å². The maximum atomic E-state index is 13.3. The Morgan fingerprint density at radius 3 is 2.47 bits per heavy atom. The summed E-state index contributed by atoms with van der Waals surface area (Å²) in [6, 6.07) is 3.86. The molecule has 1 saturated carbocycles. The Morgan fingerprint density at radius 2 is 1.79 bits per heavy atom. The summed E-state index contributed by atoms with van der Waals surface area (Å²) in [7, 11) is 0. The standard InChI is InChI=1S/C14H15F2N3/c15-10-7-11(16)9-13(8-10)19-6-5-17-14(19)18-12-3-1-2-4-12/h5-9,12H,1-4H2,(H,17,18). The van der Waals surface area contributed by atoms with E-state index in [1.807, 2.05) is 0 Å². The van der Waals surface area contributed by atoms with Crippen molar-refractivity contribution in [3.63, 3.8) is 0 Å². The van der Waals surface area contributed by atoms with Gasteiger partial charge in [-0.05, 0) is 25.0 Å². The molecule has 0 amide bonds. The zero-order valence-corrected chi connectivity index (χ0v) is 10.4. The van der Waals surface area contributed by atoms with Crippen LogP contribution >= 0.6 is 0 Å². The summed E-state index contributed by atoms with van der Waals surface area (Å²) in [5.74, 6) is -0.539. The molecule has 19 heavy (non-hydrogen) atoms. The minimum Gasteiger partial charge on any atom is -0.353 e. The first kappa shape index (κ1) is 12.1. The Hall–Kier alpha value is -1.91. The number of benzene rings is 1. The van der Waals surface area contributed by atoms with Gasteiger partial charge in [-0.3, -0.25) is 4.57 Å². The fourth-order valence-corrected chi connectivity index (χ4v) is 2.55. The molecule has 5 heteroatoms. The fourth-order valence-electron chi connectivity index (χ4n) is 2.55. The Kier molecular flexibility index (Phi) is 3.19. The summed E-state index contributed by atoms with van der Waals surface area (Å²) in [5.41, 5.74) is 0.440.